The monoisotopic (exact) mass is 364 g/mol. The van der Waals surface area contributed by atoms with Gasteiger partial charge in [0.25, 0.3) is 0 Å². The fourth-order valence-electron chi connectivity index (χ4n) is 3.32. The Balaban J connectivity index is 1.59. The maximum absolute atomic E-state index is 12.3. The van der Waals surface area contributed by atoms with Crippen molar-refractivity contribution in [3.05, 3.63) is 0 Å². The van der Waals surface area contributed by atoms with E-state index in [1.54, 1.807) is 0 Å². The molecule has 2 aliphatic rings. The lowest BCUT2D eigenvalue weighted by Gasteiger charge is -2.19. The third-order valence-corrected chi connectivity index (χ3v) is 6.49. The molecule has 2 atom stereocenters. The predicted molar refractivity (Wildman–Crippen MR) is 88.3 cm³/mol. The number of fused-ring (bicyclic) bond motifs is 1. The van der Waals surface area contributed by atoms with Crippen molar-refractivity contribution in [2.45, 2.75) is 38.5 Å². The van der Waals surface area contributed by atoms with Crippen molar-refractivity contribution in [2.75, 3.05) is 25.4 Å². The molecule has 2 N–H and O–H groups in total. The first kappa shape index (κ1) is 18.7. The summed E-state index contributed by atoms with van der Waals surface area (Å²) in [4.78, 5) is 26.0. The van der Waals surface area contributed by atoms with Crippen molar-refractivity contribution in [3.8, 4) is 0 Å². The van der Waals surface area contributed by atoms with E-state index in [0.717, 1.165) is 38.5 Å². The molecular weight excluding hydrogens is 340 g/mol. The molecule has 2 fully saturated rings. The van der Waals surface area contributed by atoms with Crippen molar-refractivity contribution < 1.29 is 22.6 Å². The number of nitrogens with one attached hydrogen (secondary N) is 1. The summed E-state index contributed by atoms with van der Waals surface area (Å²) in [7, 11) is -3.46. The number of imide groups is 1. The SMILES string of the molecule is O=C1C2CCCCC2C(=O)N1CCCCNCCSS(=O)(=O)O. The van der Waals surface area contributed by atoms with Crippen LogP contribution in [0.4, 0.5) is 0 Å². The number of hydrogen-bond donors (Lipinski definition) is 2. The molecule has 2 rings (SSSR count). The molecule has 1 aliphatic heterocycles. The Kier molecular flexibility index (Phi) is 6.87. The second kappa shape index (κ2) is 8.46. The van der Waals surface area contributed by atoms with Gasteiger partial charge < -0.3 is 5.32 Å². The van der Waals surface area contributed by atoms with Crippen LogP contribution in [0.2, 0.25) is 0 Å². The lowest BCUT2D eigenvalue weighted by Crippen LogP contribution is -2.32. The van der Waals surface area contributed by atoms with Gasteiger partial charge >= 0.3 is 9.15 Å². The molecule has 0 bridgehead atoms. The number of unbranched alkanes of at least 4 members (excludes halogenated alkanes) is 1. The van der Waals surface area contributed by atoms with E-state index in [1.165, 1.54) is 4.90 Å². The summed E-state index contributed by atoms with van der Waals surface area (Å²) in [6, 6.07) is 0. The number of amides is 2. The Hall–Kier alpha value is -0.640. The van der Waals surface area contributed by atoms with Gasteiger partial charge in [-0.25, -0.2) is 0 Å². The van der Waals surface area contributed by atoms with Crippen molar-refractivity contribution >= 4 is 31.8 Å². The summed E-state index contributed by atoms with van der Waals surface area (Å²) in [5.74, 6) is 0.152. The standard InChI is InChI=1S/C14H24N2O5S2/c17-13-11-5-1-2-6-12(11)14(18)16(13)9-4-3-7-15-8-10-22-23(19,20)21/h11-12,15H,1-10H2,(H,19,20,21). The Morgan fingerprint density at radius 2 is 1.70 bits per heavy atom. The molecule has 1 saturated carbocycles. The molecule has 1 saturated heterocycles. The summed E-state index contributed by atoms with van der Waals surface area (Å²) < 4.78 is 29.6. The van der Waals surface area contributed by atoms with Gasteiger partial charge in [-0.1, -0.05) is 12.8 Å². The van der Waals surface area contributed by atoms with Gasteiger partial charge in [-0.15, -0.1) is 0 Å². The normalized spacial score (nSPS) is 25.0. The first-order chi connectivity index (χ1) is 10.9. The summed E-state index contributed by atoms with van der Waals surface area (Å²) in [5, 5.41) is 3.07. The van der Waals surface area contributed by atoms with E-state index in [4.69, 9.17) is 4.55 Å². The van der Waals surface area contributed by atoms with E-state index in [0.29, 0.717) is 30.4 Å². The lowest BCUT2D eigenvalue weighted by molar-refractivity contribution is -0.139. The lowest BCUT2D eigenvalue weighted by atomic mass is 9.81. The number of hydrogen-bond acceptors (Lipinski definition) is 6. The Bertz CT molecular complexity index is 513. The van der Waals surface area contributed by atoms with E-state index in [1.807, 2.05) is 0 Å². The van der Waals surface area contributed by atoms with Gasteiger partial charge in [0.1, 0.15) is 0 Å². The minimum absolute atomic E-state index is 0.0113. The fourth-order valence-corrected chi connectivity index (χ4v) is 4.64. The first-order valence-electron chi connectivity index (χ1n) is 8.08. The van der Waals surface area contributed by atoms with Crippen LogP contribution in [-0.4, -0.2) is 55.1 Å². The van der Waals surface area contributed by atoms with E-state index >= 15 is 0 Å². The maximum atomic E-state index is 12.3. The molecule has 23 heavy (non-hydrogen) atoms. The topological polar surface area (TPSA) is 104 Å². The van der Waals surface area contributed by atoms with Crippen LogP contribution in [0.5, 0.6) is 0 Å². The van der Waals surface area contributed by atoms with Crippen molar-refractivity contribution in [3.63, 3.8) is 0 Å². The molecule has 2 amide bonds. The Morgan fingerprint density at radius 1 is 1.09 bits per heavy atom. The Labute approximate surface area is 140 Å². The van der Waals surface area contributed by atoms with Gasteiger partial charge in [0.2, 0.25) is 11.8 Å². The largest absolute Gasteiger partial charge is 0.319 e. The number of likely N-dealkylation sites (tertiary alicyclic amines) is 1. The highest BCUT2D eigenvalue weighted by Gasteiger charge is 2.47. The molecule has 0 aromatic carbocycles. The molecule has 9 heteroatoms. The van der Waals surface area contributed by atoms with Gasteiger partial charge in [-0.3, -0.25) is 19.0 Å². The number of carbonyl (C=O) groups is 2. The second-order valence-corrected chi connectivity index (χ2v) is 9.50. The summed E-state index contributed by atoms with van der Waals surface area (Å²) in [5.41, 5.74) is 0. The number of rotatable bonds is 9. The summed E-state index contributed by atoms with van der Waals surface area (Å²) in [6.07, 6.45) is 5.33. The molecule has 0 aromatic rings. The maximum Gasteiger partial charge on any atom is 0.319 e. The van der Waals surface area contributed by atoms with E-state index in [-0.39, 0.29) is 29.4 Å². The zero-order valence-electron chi connectivity index (χ0n) is 13.1. The summed E-state index contributed by atoms with van der Waals surface area (Å²) in [6.45, 7) is 1.65. The third-order valence-electron chi connectivity index (χ3n) is 4.43. The molecule has 1 heterocycles. The van der Waals surface area contributed by atoms with Gasteiger partial charge in [-0.05, 0) is 43.0 Å². The summed E-state index contributed by atoms with van der Waals surface area (Å²) >= 11 is 0. The molecule has 2 unspecified atom stereocenters. The predicted octanol–water partition coefficient (Wildman–Crippen LogP) is 1.07. The van der Waals surface area contributed by atoms with Crippen LogP contribution in [0, 0.1) is 11.8 Å². The zero-order chi connectivity index (χ0) is 16.9. The molecule has 7 nitrogen and oxygen atoms in total. The van der Waals surface area contributed by atoms with Crippen LogP contribution in [-0.2, 0) is 18.7 Å². The van der Waals surface area contributed by atoms with E-state index in [2.05, 4.69) is 5.32 Å². The van der Waals surface area contributed by atoms with Gasteiger partial charge in [0.05, 0.1) is 11.8 Å². The highest BCUT2D eigenvalue weighted by atomic mass is 33.1. The smallest absolute Gasteiger partial charge is 0.316 e. The van der Waals surface area contributed by atoms with Crippen LogP contribution in [0.3, 0.4) is 0 Å². The molecular formula is C14H24N2O5S2. The average Bonchev–Trinajstić information content (AvgIpc) is 2.74. The van der Waals surface area contributed by atoms with Crippen LogP contribution in [0.25, 0.3) is 0 Å². The van der Waals surface area contributed by atoms with Crippen LogP contribution in [0.15, 0.2) is 0 Å². The molecule has 1 aliphatic carbocycles. The molecule has 0 aromatic heterocycles. The van der Waals surface area contributed by atoms with Crippen molar-refractivity contribution in [1.82, 2.24) is 10.2 Å². The molecule has 0 radical (unpaired) electrons. The third kappa shape index (κ3) is 5.44. The van der Waals surface area contributed by atoms with Crippen LogP contribution in [0.1, 0.15) is 38.5 Å². The fraction of sp³-hybridized carbons (Fsp3) is 0.857. The minimum Gasteiger partial charge on any atom is -0.316 e. The number of carbonyl (C=O) groups excluding carboxylic acids is 2. The number of nitrogens with zero attached hydrogens (tertiary/aromatic N) is 1. The quantitative estimate of drug-likeness (QED) is 0.273. The van der Waals surface area contributed by atoms with Gasteiger partial charge in [0, 0.05) is 18.8 Å². The van der Waals surface area contributed by atoms with Gasteiger partial charge in [-0.2, -0.15) is 8.42 Å². The van der Waals surface area contributed by atoms with E-state index < -0.39 is 9.15 Å². The average molecular weight is 364 g/mol. The van der Waals surface area contributed by atoms with Gasteiger partial charge in [0.15, 0.2) is 0 Å². The molecule has 132 valence electrons. The highest BCUT2D eigenvalue weighted by Crippen LogP contribution is 2.37. The van der Waals surface area contributed by atoms with Crippen LogP contribution < -0.4 is 5.32 Å². The molecule has 0 spiro atoms. The minimum atomic E-state index is -3.96. The van der Waals surface area contributed by atoms with Crippen molar-refractivity contribution in [1.29, 1.82) is 0 Å². The first-order valence-corrected chi connectivity index (χ1v) is 11.0. The van der Waals surface area contributed by atoms with Crippen LogP contribution >= 0.6 is 10.8 Å². The highest BCUT2D eigenvalue weighted by molar-refractivity contribution is 8.69. The zero-order valence-corrected chi connectivity index (χ0v) is 14.7. The van der Waals surface area contributed by atoms with Crippen molar-refractivity contribution in [2.24, 2.45) is 11.8 Å². The second-order valence-electron chi connectivity index (χ2n) is 6.03. The Morgan fingerprint density at radius 3 is 2.26 bits per heavy atom. The van der Waals surface area contributed by atoms with E-state index in [9.17, 15) is 18.0 Å².